The van der Waals surface area contributed by atoms with E-state index in [1.54, 1.807) is 18.6 Å². The Labute approximate surface area is 99.1 Å². The third kappa shape index (κ3) is 2.94. The summed E-state index contributed by atoms with van der Waals surface area (Å²) in [6, 6.07) is 7.56. The van der Waals surface area contributed by atoms with Gasteiger partial charge in [-0.3, -0.25) is 9.97 Å². The average Bonchev–Trinajstić information content (AvgIpc) is 2.38. The lowest BCUT2D eigenvalue weighted by molar-refractivity contribution is 0.304. The van der Waals surface area contributed by atoms with Crippen LogP contribution < -0.4 is 4.74 Å². The number of ether oxygens (including phenoxy) is 1. The van der Waals surface area contributed by atoms with E-state index in [2.05, 4.69) is 9.97 Å². The fraction of sp³-hybridized carbons (Fsp3) is 0.167. The van der Waals surface area contributed by atoms with E-state index in [9.17, 15) is 0 Å². The highest BCUT2D eigenvalue weighted by Crippen LogP contribution is 2.12. The van der Waals surface area contributed by atoms with Crippen molar-refractivity contribution in [3.05, 3.63) is 54.1 Å². The Balaban J connectivity index is 1.94. The quantitative estimate of drug-likeness (QED) is 0.763. The Morgan fingerprint density at radius 3 is 2.75 bits per heavy atom. The predicted octanol–water partition coefficient (Wildman–Crippen LogP) is 2.79. The van der Waals surface area contributed by atoms with E-state index in [0.717, 1.165) is 17.0 Å². The van der Waals surface area contributed by atoms with Crippen LogP contribution in [0.15, 0.2) is 42.9 Å². The smallest absolute Gasteiger partial charge is 0.138 e. The van der Waals surface area contributed by atoms with Crippen molar-refractivity contribution in [2.45, 2.75) is 12.5 Å². The van der Waals surface area contributed by atoms with Crippen LogP contribution in [0.2, 0.25) is 0 Å². The number of pyridine rings is 2. The lowest BCUT2D eigenvalue weighted by Crippen LogP contribution is -1.96. The first-order chi connectivity index (χ1) is 7.88. The largest absolute Gasteiger partial charge is 0.487 e. The van der Waals surface area contributed by atoms with Gasteiger partial charge in [0.15, 0.2) is 0 Å². The molecule has 0 amide bonds. The van der Waals surface area contributed by atoms with Gasteiger partial charge in [-0.2, -0.15) is 0 Å². The van der Waals surface area contributed by atoms with Gasteiger partial charge in [-0.05, 0) is 18.2 Å². The van der Waals surface area contributed by atoms with Crippen LogP contribution >= 0.6 is 11.6 Å². The molecular formula is C12H11ClN2O. The Bertz CT molecular complexity index is 431. The van der Waals surface area contributed by atoms with Crippen molar-refractivity contribution >= 4 is 11.6 Å². The highest BCUT2D eigenvalue weighted by atomic mass is 35.5. The van der Waals surface area contributed by atoms with Gasteiger partial charge < -0.3 is 4.74 Å². The van der Waals surface area contributed by atoms with Crippen molar-refractivity contribution in [2.24, 2.45) is 0 Å². The topological polar surface area (TPSA) is 35.0 Å². The lowest BCUT2D eigenvalue weighted by atomic mass is 10.3. The van der Waals surface area contributed by atoms with Crippen molar-refractivity contribution in [2.75, 3.05) is 0 Å². The lowest BCUT2D eigenvalue weighted by Gasteiger charge is -2.05. The van der Waals surface area contributed by atoms with E-state index in [1.165, 1.54) is 0 Å². The van der Waals surface area contributed by atoms with Gasteiger partial charge >= 0.3 is 0 Å². The minimum Gasteiger partial charge on any atom is -0.487 e. The van der Waals surface area contributed by atoms with Crippen LogP contribution in [0.25, 0.3) is 0 Å². The van der Waals surface area contributed by atoms with Crippen molar-refractivity contribution in [1.82, 2.24) is 9.97 Å². The summed E-state index contributed by atoms with van der Waals surface area (Å²) >= 11 is 5.64. The van der Waals surface area contributed by atoms with Gasteiger partial charge in [0.25, 0.3) is 0 Å². The van der Waals surface area contributed by atoms with E-state index in [1.807, 2.05) is 24.3 Å². The molecule has 16 heavy (non-hydrogen) atoms. The van der Waals surface area contributed by atoms with Crippen LogP contribution in [0.5, 0.6) is 5.75 Å². The molecule has 0 N–H and O–H groups in total. The fourth-order valence-electron chi connectivity index (χ4n) is 1.23. The molecule has 0 aromatic carbocycles. The van der Waals surface area contributed by atoms with Crippen LogP contribution in [0, 0.1) is 0 Å². The van der Waals surface area contributed by atoms with Crippen LogP contribution in [-0.2, 0) is 12.5 Å². The van der Waals surface area contributed by atoms with Crippen LogP contribution in [0.4, 0.5) is 0 Å². The van der Waals surface area contributed by atoms with Crippen molar-refractivity contribution in [1.29, 1.82) is 0 Å². The van der Waals surface area contributed by atoms with Gasteiger partial charge in [-0.15, -0.1) is 11.6 Å². The zero-order chi connectivity index (χ0) is 11.2. The van der Waals surface area contributed by atoms with E-state index in [-0.39, 0.29) is 0 Å². The molecule has 0 saturated heterocycles. The zero-order valence-corrected chi connectivity index (χ0v) is 9.39. The molecule has 2 rings (SSSR count). The third-order valence-electron chi connectivity index (χ3n) is 2.06. The monoisotopic (exact) mass is 234 g/mol. The first-order valence-electron chi connectivity index (χ1n) is 4.91. The number of alkyl halides is 1. The second-order valence-corrected chi connectivity index (χ2v) is 3.54. The molecule has 2 aromatic rings. The molecule has 3 nitrogen and oxygen atoms in total. The number of hydrogen-bond acceptors (Lipinski definition) is 3. The second-order valence-electron chi connectivity index (χ2n) is 3.27. The van der Waals surface area contributed by atoms with Gasteiger partial charge in [0.1, 0.15) is 12.4 Å². The van der Waals surface area contributed by atoms with Gasteiger partial charge in [-0.1, -0.05) is 6.07 Å². The molecule has 4 heteroatoms. The molecule has 0 fully saturated rings. The molecule has 0 aliphatic heterocycles. The number of halogens is 1. The molecule has 0 radical (unpaired) electrons. The second kappa shape index (κ2) is 5.47. The van der Waals surface area contributed by atoms with Crippen molar-refractivity contribution in [3.63, 3.8) is 0 Å². The molecular weight excluding hydrogens is 224 g/mol. The molecule has 2 aromatic heterocycles. The predicted molar refractivity (Wildman–Crippen MR) is 62.4 cm³/mol. The molecule has 0 saturated carbocycles. The molecule has 0 spiro atoms. The SMILES string of the molecule is ClCc1ccc(OCc2cccnc2)cn1. The summed E-state index contributed by atoms with van der Waals surface area (Å²) in [6.07, 6.45) is 5.19. The third-order valence-corrected chi connectivity index (χ3v) is 2.34. The van der Waals surface area contributed by atoms with Crippen molar-refractivity contribution in [3.8, 4) is 5.75 Å². The van der Waals surface area contributed by atoms with E-state index >= 15 is 0 Å². The maximum absolute atomic E-state index is 5.64. The Hall–Kier alpha value is -1.61. The van der Waals surface area contributed by atoms with Crippen LogP contribution in [0.1, 0.15) is 11.3 Å². The first-order valence-corrected chi connectivity index (χ1v) is 5.44. The minimum absolute atomic E-state index is 0.420. The molecule has 0 aliphatic rings. The highest BCUT2D eigenvalue weighted by molar-refractivity contribution is 6.16. The van der Waals surface area contributed by atoms with Crippen molar-refractivity contribution < 1.29 is 4.74 Å². The Kier molecular flexibility index (Phi) is 3.72. The number of hydrogen-bond donors (Lipinski definition) is 0. The normalized spacial score (nSPS) is 10.1. The Morgan fingerprint density at radius 1 is 1.19 bits per heavy atom. The summed E-state index contributed by atoms with van der Waals surface area (Å²) in [4.78, 5) is 8.15. The molecule has 0 bridgehead atoms. The maximum Gasteiger partial charge on any atom is 0.138 e. The number of rotatable bonds is 4. The summed E-state index contributed by atoms with van der Waals surface area (Å²) in [5.41, 5.74) is 1.87. The maximum atomic E-state index is 5.64. The standard InChI is InChI=1S/C12H11ClN2O/c13-6-11-3-4-12(8-15-11)16-9-10-2-1-5-14-7-10/h1-5,7-8H,6,9H2. The summed E-state index contributed by atoms with van der Waals surface area (Å²) in [5.74, 6) is 1.15. The molecule has 0 aliphatic carbocycles. The highest BCUT2D eigenvalue weighted by Gasteiger charge is 1.97. The van der Waals surface area contributed by atoms with Gasteiger partial charge in [0, 0.05) is 18.0 Å². The molecule has 2 heterocycles. The van der Waals surface area contributed by atoms with E-state index in [4.69, 9.17) is 16.3 Å². The zero-order valence-electron chi connectivity index (χ0n) is 8.64. The first kappa shape index (κ1) is 10.9. The number of aromatic nitrogens is 2. The van der Waals surface area contributed by atoms with Gasteiger partial charge in [0.05, 0.1) is 17.8 Å². The average molecular weight is 235 g/mol. The van der Waals surface area contributed by atoms with Gasteiger partial charge in [-0.25, -0.2) is 0 Å². The van der Waals surface area contributed by atoms with Crippen LogP contribution in [-0.4, -0.2) is 9.97 Å². The molecule has 0 unspecified atom stereocenters. The van der Waals surface area contributed by atoms with Gasteiger partial charge in [0.2, 0.25) is 0 Å². The summed E-state index contributed by atoms with van der Waals surface area (Å²) in [7, 11) is 0. The fourth-order valence-corrected chi connectivity index (χ4v) is 1.38. The number of nitrogens with zero attached hydrogens (tertiary/aromatic N) is 2. The van der Waals surface area contributed by atoms with Crippen LogP contribution in [0.3, 0.4) is 0 Å². The molecule has 82 valence electrons. The Morgan fingerprint density at radius 2 is 2.12 bits per heavy atom. The summed E-state index contributed by atoms with van der Waals surface area (Å²) in [6.45, 7) is 0.496. The summed E-state index contributed by atoms with van der Waals surface area (Å²) in [5, 5.41) is 0. The minimum atomic E-state index is 0.420. The van der Waals surface area contributed by atoms with E-state index < -0.39 is 0 Å². The molecule has 0 atom stereocenters. The summed E-state index contributed by atoms with van der Waals surface area (Å²) < 4.78 is 5.55. The van der Waals surface area contributed by atoms with E-state index in [0.29, 0.717) is 12.5 Å².